The molecule has 76 valence electrons. The predicted molar refractivity (Wildman–Crippen MR) is 67.2 cm³/mol. The van der Waals surface area contributed by atoms with E-state index >= 15 is 0 Å². The van der Waals surface area contributed by atoms with E-state index < -0.39 is 0 Å². The molecule has 0 radical (unpaired) electrons. The van der Waals surface area contributed by atoms with Crippen LogP contribution in [-0.2, 0) is 4.79 Å². The Morgan fingerprint density at radius 1 is 1.50 bits per heavy atom. The minimum atomic E-state index is -0.217. The maximum absolute atomic E-state index is 10.8. The van der Waals surface area contributed by atoms with Crippen molar-refractivity contribution in [2.75, 3.05) is 5.75 Å². The molecule has 0 fully saturated rings. The molecule has 1 aliphatic heterocycles. The van der Waals surface area contributed by atoms with Gasteiger partial charge in [0.05, 0.1) is 8.42 Å². The van der Waals surface area contributed by atoms with Gasteiger partial charge in [-0.05, 0) is 0 Å². The zero-order valence-corrected chi connectivity index (χ0v) is 11.1. The van der Waals surface area contributed by atoms with Crippen molar-refractivity contribution in [3.05, 3.63) is 3.14 Å². The van der Waals surface area contributed by atoms with Gasteiger partial charge >= 0.3 is 0 Å². The lowest BCUT2D eigenvalue weighted by Crippen LogP contribution is -2.20. The third kappa shape index (κ3) is 2.52. The van der Waals surface area contributed by atoms with Crippen LogP contribution in [0.15, 0.2) is 8.42 Å². The van der Waals surface area contributed by atoms with Crippen LogP contribution in [0.4, 0.5) is 0 Å². The summed E-state index contributed by atoms with van der Waals surface area (Å²) >= 11 is 12.0. The Morgan fingerprint density at radius 3 is 2.93 bits per heavy atom. The molecule has 0 saturated carbocycles. The highest BCUT2D eigenvalue weighted by Gasteiger charge is 2.23. The Bertz CT molecular complexity index is 408. The molecular weight excluding hydrogens is 274 g/mol. The van der Waals surface area contributed by atoms with E-state index in [-0.39, 0.29) is 5.91 Å². The molecule has 1 aliphatic rings. The van der Waals surface area contributed by atoms with E-state index in [0.29, 0.717) is 11.7 Å². The minimum absolute atomic E-state index is 0.217. The van der Waals surface area contributed by atoms with Gasteiger partial charge in [0.15, 0.2) is 0 Å². The first-order chi connectivity index (χ1) is 6.65. The van der Waals surface area contributed by atoms with Crippen LogP contribution in [0.1, 0.15) is 6.42 Å². The molecule has 0 spiro atoms. The maximum atomic E-state index is 10.8. The van der Waals surface area contributed by atoms with E-state index in [9.17, 15) is 4.79 Å². The van der Waals surface area contributed by atoms with Crippen LogP contribution in [-0.4, -0.2) is 16.9 Å². The van der Waals surface area contributed by atoms with Crippen LogP contribution >= 0.6 is 58.4 Å². The van der Waals surface area contributed by atoms with Crippen molar-refractivity contribution in [2.24, 2.45) is 5.73 Å². The molecule has 1 aromatic heterocycles. The van der Waals surface area contributed by atoms with Crippen molar-refractivity contribution in [3.63, 3.8) is 0 Å². The summed E-state index contributed by atoms with van der Waals surface area (Å²) in [6.07, 6.45) is 0.465. The molecule has 14 heavy (non-hydrogen) atoms. The van der Waals surface area contributed by atoms with Gasteiger partial charge in [-0.2, -0.15) is 0 Å². The summed E-state index contributed by atoms with van der Waals surface area (Å²) in [5.41, 5.74) is 5.17. The first kappa shape index (κ1) is 10.9. The summed E-state index contributed by atoms with van der Waals surface area (Å²) in [6, 6.07) is 0. The van der Waals surface area contributed by atoms with Crippen LogP contribution in [0, 0.1) is 3.14 Å². The number of nitrogens with two attached hydrogens (primary N) is 1. The number of hydrogen-bond acceptors (Lipinski definition) is 6. The van der Waals surface area contributed by atoms with Crippen molar-refractivity contribution in [1.82, 2.24) is 0 Å². The fourth-order valence-electron chi connectivity index (χ4n) is 1.10. The quantitative estimate of drug-likeness (QED) is 0.846. The molecule has 1 atom stereocenters. The summed E-state index contributed by atoms with van der Waals surface area (Å²) in [4.78, 5) is 10.8. The van der Waals surface area contributed by atoms with E-state index in [1.807, 2.05) is 0 Å². The SMILES string of the molecule is NC(=O)CC1CSc2sc(=S)sc2S1. The second-order valence-corrected chi connectivity index (χ2v) is 8.83. The lowest BCUT2D eigenvalue weighted by atomic mass is 10.3. The van der Waals surface area contributed by atoms with Crippen LogP contribution in [0.25, 0.3) is 0 Å². The molecule has 0 aromatic carbocycles. The number of amides is 1. The molecule has 1 unspecified atom stereocenters. The van der Waals surface area contributed by atoms with Crippen LogP contribution in [0.2, 0.25) is 0 Å². The standard InChI is InChI=1S/C7H7NOS5/c8-4(9)1-3-2-11-5-6(12-3)14-7(10)13-5/h3H,1-2H2,(H2,8,9). The lowest BCUT2D eigenvalue weighted by Gasteiger charge is -2.18. The molecule has 2 N–H and O–H groups in total. The molecule has 7 heteroatoms. The second-order valence-electron chi connectivity index (χ2n) is 2.75. The van der Waals surface area contributed by atoms with Crippen molar-refractivity contribution < 1.29 is 4.79 Å². The van der Waals surface area contributed by atoms with E-state index in [4.69, 9.17) is 18.0 Å². The van der Waals surface area contributed by atoms with E-state index in [1.54, 1.807) is 46.2 Å². The summed E-state index contributed by atoms with van der Waals surface area (Å²) < 4.78 is 3.54. The Morgan fingerprint density at radius 2 is 2.21 bits per heavy atom. The summed E-state index contributed by atoms with van der Waals surface area (Å²) in [5.74, 6) is 0.744. The normalized spacial score (nSPS) is 20.4. The van der Waals surface area contributed by atoms with Crippen LogP contribution < -0.4 is 5.73 Å². The number of carbonyl (C=O) groups excluding carboxylic acids is 1. The van der Waals surface area contributed by atoms with E-state index in [2.05, 4.69) is 0 Å². The first-order valence-corrected chi connectivity index (χ1v) is 7.77. The summed E-state index contributed by atoms with van der Waals surface area (Å²) in [6.45, 7) is 0. The number of rotatable bonds is 2. The van der Waals surface area contributed by atoms with Gasteiger partial charge in [-0.15, -0.1) is 46.2 Å². The highest BCUT2D eigenvalue weighted by atomic mass is 32.2. The van der Waals surface area contributed by atoms with Gasteiger partial charge in [-0.3, -0.25) is 4.79 Å². The largest absolute Gasteiger partial charge is 0.370 e. The number of carbonyl (C=O) groups is 1. The summed E-state index contributed by atoms with van der Waals surface area (Å²) in [7, 11) is 0. The fourth-order valence-corrected chi connectivity index (χ4v) is 7.74. The van der Waals surface area contributed by atoms with E-state index in [0.717, 1.165) is 8.89 Å². The fraction of sp³-hybridized carbons (Fsp3) is 0.429. The third-order valence-corrected chi connectivity index (χ3v) is 7.72. The van der Waals surface area contributed by atoms with Gasteiger partial charge in [0.25, 0.3) is 0 Å². The molecule has 0 saturated heterocycles. The average Bonchev–Trinajstić information content (AvgIpc) is 2.42. The van der Waals surface area contributed by atoms with Crippen molar-refractivity contribution in [3.8, 4) is 0 Å². The van der Waals surface area contributed by atoms with Gasteiger partial charge in [0.1, 0.15) is 3.14 Å². The lowest BCUT2D eigenvalue weighted by molar-refractivity contribution is -0.117. The smallest absolute Gasteiger partial charge is 0.218 e. The van der Waals surface area contributed by atoms with Gasteiger partial charge in [0, 0.05) is 17.4 Å². The molecule has 2 heterocycles. The Hall–Kier alpha value is 0.440. The van der Waals surface area contributed by atoms with Gasteiger partial charge in [0.2, 0.25) is 5.91 Å². The minimum Gasteiger partial charge on any atom is -0.370 e. The zero-order chi connectivity index (χ0) is 10.1. The molecule has 1 aromatic rings. The molecule has 2 nitrogen and oxygen atoms in total. The topological polar surface area (TPSA) is 43.1 Å². The highest BCUT2D eigenvalue weighted by molar-refractivity contribution is 8.08. The molecule has 1 amide bonds. The van der Waals surface area contributed by atoms with Crippen molar-refractivity contribution in [2.45, 2.75) is 20.1 Å². The van der Waals surface area contributed by atoms with Crippen molar-refractivity contribution in [1.29, 1.82) is 0 Å². The van der Waals surface area contributed by atoms with Gasteiger partial charge < -0.3 is 5.73 Å². The Balaban J connectivity index is 2.13. The van der Waals surface area contributed by atoms with E-state index in [1.165, 1.54) is 8.42 Å². The molecule has 0 aliphatic carbocycles. The second kappa shape index (κ2) is 4.52. The monoisotopic (exact) mass is 281 g/mol. The van der Waals surface area contributed by atoms with Crippen LogP contribution in [0.5, 0.6) is 0 Å². The summed E-state index contributed by atoms with van der Waals surface area (Å²) in [5, 5.41) is 0.324. The number of fused-ring (bicyclic) bond motifs is 1. The number of hydrogen-bond donors (Lipinski definition) is 1. The third-order valence-electron chi connectivity index (χ3n) is 1.62. The Labute approximate surface area is 103 Å². The molecule has 0 bridgehead atoms. The Kier molecular flexibility index (Phi) is 3.54. The van der Waals surface area contributed by atoms with Gasteiger partial charge in [-0.1, -0.05) is 12.2 Å². The number of thioether (sulfide) groups is 2. The molecular formula is C7H7NOS5. The van der Waals surface area contributed by atoms with Crippen LogP contribution in [0.3, 0.4) is 0 Å². The average molecular weight is 281 g/mol. The van der Waals surface area contributed by atoms with Gasteiger partial charge in [-0.25, -0.2) is 0 Å². The predicted octanol–water partition coefficient (Wildman–Crippen LogP) is 2.98. The highest BCUT2D eigenvalue weighted by Crippen LogP contribution is 2.48. The van der Waals surface area contributed by atoms with Crippen molar-refractivity contribution >= 4 is 64.3 Å². The first-order valence-electron chi connectivity index (χ1n) is 3.87. The molecule has 2 rings (SSSR count). The maximum Gasteiger partial charge on any atom is 0.218 e. The number of primary amides is 1. The zero-order valence-electron chi connectivity index (χ0n) is 7.02.